The third-order valence-corrected chi connectivity index (χ3v) is 2.80. The number of nitrogens with zero attached hydrogens (tertiary/aromatic N) is 3. The van der Waals surface area contributed by atoms with Crippen molar-refractivity contribution >= 4 is 5.97 Å². The molecule has 0 unspecified atom stereocenters. The highest BCUT2D eigenvalue weighted by Crippen LogP contribution is 2.23. The van der Waals surface area contributed by atoms with Gasteiger partial charge in [-0.3, -0.25) is 0 Å². The Hall–Kier alpha value is -2.17. The minimum absolute atomic E-state index is 0.00417. The van der Waals surface area contributed by atoms with Gasteiger partial charge < -0.3 is 5.11 Å². The summed E-state index contributed by atoms with van der Waals surface area (Å²) in [5, 5.41) is 17.0. The molecule has 1 N–H and O–H groups in total. The number of aryl methyl sites for hydroxylation is 1. The molecule has 0 fully saturated rings. The molecule has 0 bridgehead atoms. The van der Waals surface area contributed by atoms with Crippen LogP contribution in [0.1, 0.15) is 29.9 Å². The number of rotatable bonds is 4. The van der Waals surface area contributed by atoms with Crippen molar-refractivity contribution in [3.05, 3.63) is 35.5 Å². The van der Waals surface area contributed by atoms with Crippen molar-refractivity contribution in [1.82, 2.24) is 15.0 Å². The van der Waals surface area contributed by atoms with Gasteiger partial charge in [-0.05, 0) is 12.8 Å². The van der Waals surface area contributed by atoms with Gasteiger partial charge in [0.25, 0.3) is 0 Å². The van der Waals surface area contributed by atoms with Crippen LogP contribution < -0.4 is 0 Å². The molecular formula is C14H17N3O2. The van der Waals surface area contributed by atoms with Gasteiger partial charge in [0, 0.05) is 12.1 Å². The second-order valence-electron chi connectivity index (χ2n) is 5.03. The van der Waals surface area contributed by atoms with E-state index >= 15 is 0 Å². The van der Waals surface area contributed by atoms with Crippen LogP contribution >= 0.6 is 0 Å². The first kappa shape index (κ1) is 13.3. The molecule has 0 amide bonds. The van der Waals surface area contributed by atoms with E-state index in [4.69, 9.17) is 0 Å². The van der Waals surface area contributed by atoms with Crippen LogP contribution in [0.25, 0.3) is 11.3 Å². The third kappa shape index (κ3) is 2.81. The lowest BCUT2D eigenvalue weighted by Gasteiger charge is -2.09. The maximum Gasteiger partial charge on any atom is 0.358 e. The number of carboxylic acids is 1. The fourth-order valence-electron chi connectivity index (χ4n) is 1.93. The molecule has 1 heterocycles. The molecule has 1 aromatic heterocycles. The van der Waals surface area contributed by atoms with E-state index in [1.807, 2.05) is 31.2 Å². The minimum atomic E-state index is -1.05. The predicted molar refractivity (Wildman–Crippen MR) is 72.0 cm³/mol. The molecular weight excluding hydrogens is 242 g/mol. The van der Waals surface area contributed by atoms with Crippen molar-refractivity contribution in [1.29, 1.82) is 0 Å². The molecule has 0 saturated heterocycles. The third-order valence-electron chi connectivity index (χ3n) is 2.80. The fraction of sp³-hybridized carbons (Fsp3) is 0.357. The Morgan fingerprint density at radius 2 is 1.95 bits per heavy atom. The second-order valence-corrected chi connectivity index (χ2v) is 5.03. The summed E-state index contributed by atoms with van der Waals surface area (Å²) in [6.45, 7) is 6.75. The Balaban J connectivity index is 2.54. The van der Waals surface area contributed by atoms with E-state index in [0.29, 0.717) is 18.2 Å². The number of hydrogen-bond acceptors (Lipinski definition) is 3. The lowest BCUT2D eigenvalue weighted by Crippen LogP contribution is -2.09. The van der Waals surface area contributed by atoms with Gasteiger partial charge in [0.1, 0.15) is 5.69 Å². The normalized spacial score (nSPS) is 10.9. The fourth-order valence-corrected chi connectivity index (χ4v) is 1.93. The SMILES string of the molecule is Cc1ccc(-c2c(C(=O)O)nnn2CC(C)C)cc1. The van der Waals surface area contributed by atoms with Crippen molar-refractivity contribution in [3.8, 4) is 11.3 Å². The van der Waals surface area contributed by atoms with E-state index in [9.17, 15) is 9.90 Å². The molecule has 2 rings (SSSR count). The number of aromatic nitrogens is 3. The molecule has 0 aliphatic rings. The summed E-state index contributed by atoms with van der Waals surface area (Å²) in [6, 6.07) is 7.70. The standard InChI is InChI=1S/C14H17N3O2/c1-9(2)8-17-13(12(14(18)19)15-16-17)11-6-4-10(3)5-7-11/h4-7,9H,8H2,1-3H3,(H,18,19). The Bertz CT molecular complexity index is 585. The Morgan fingerprint density at radius 1 is 1.32 bits per heavy atom. The smallest absolute Gasteiger partial charge is 0.358 e. The van der Waals surface area contributed by atoms with Crippen LogP contribution in [0.15, 0.2) is 24.3 Å². The van der Waals surface area contributed by atoms with Crippen LogP contribution in [0.4, 0.5) is 0 Å². The number of aromatic carboxylic acids is 1. The van der Waals surface area contributed by atoms with Crippen molar-refractivity contribution in [2.24, 2.45) is 5.92 Å². The average Bonchev–Trinajstić information content (AvgIpc) is 2.73. The highest BCUT2D eigenvalue weighted by atomic mass is 16.4. The second kappa shape index (κ2) is 5.22. The Kier molecular flexibility index (Phi) is 3.64. The van der Waals surface area contributed by atoms with Gasteiger partial charge in [0.2, 0.25) is 0 Å². The molecule has 0 saturated carbocycles. The molecule has 0 atom stereocenters. The zero-order chi connectivity index (χ0) is 14.0. The summed E-state index contributed by atoms with van der Waals surface area (Å²) >= 11 is 0. The van der Waals surface area contributed by atoms with Crippen molar-refractivity contribution < 1.29 is 9.90 Å². The first-order valence-corrected chi connectivity index (χ1v) is 6.23. The Morgan fingerprint density at radius 3 is 2.47 bits per heavy atom. The van der Waals surface area contributed by atoms with Gasteiger partial charge in [-0.25, -0.2) is 9.48 Å². The minimum Gasteiger partial charge on any atom is -0.476 e. The van der Waals surface area contributed by atoms with E-state index in [1.54, 1.807) is 4.68 Å². The van der Waals surface area contributed by atoms with Crippen LogP contribution in [-0.2, 0) is 6.54 Å². The average molecular weight is 259 g/mol. The van der Waals surface area contributed by atoms with Gasteiger partial charge in [-0.1, -0.05) is 48.9 Å². The van der Waals surface area contributed by atoms with Gasteiger partial charge in [-0.2, -0.15) is 0 Å². The molecule has 19 heavy (non-hydrogen) atoms. The Labute approximate surface area is 111 Å². The first-order chi connectivity index (χ1) is 8.99. The summed E-state index contributed by atoms with van der Waals surface area (Å²) in [7, 11) is 0. The van der Waals surface area contributed by atoms with Crippen LogP contribution in [0.2, 0.25) is 0 Å². The summed E-state index contributed by atoms with van der Waals surface area (Å²) in [5.74, 6) is -0.682. The van der Waals surface area contributed by atoms with E-state index in [2.05, 4.69) is 24.2 Å². The topological polar surface area (TPSA) is 68.0 Å². The van der Waals surface area contributed by atoms with Crippen LogP contribution in [-0.4, -0.2) is 26.1 Å². The zero-order valence-corrected chi connectivity index (χ0v) is 11.3. The van der Waals surface area contributed by atoms with E-state index in [1.165, 1.54) is 0 Å². The van der Waals surface area contributed by atoms with E-state index in [-0.39, 0.29) is 5.69 Å². The molecule has 2 aromatic rings. The van der Waals surface area contributed by atoms with Crippen molar-refractivity contribution in [3.63, 3.8) is 0 Å². The summed E-state index contributed by atoms with van der Waals surface area (Å²) in [5.41, 5.74) is 2.53. The number of carboxylic acid groups (broad SMARTS) is 1. The van der Waals surface area contributed by atoms with Crippen molar-refractivity contribution in [2.75, 3.05) is 0 Å². The predicted octanol–water partition coefficient (Wildman–Crippen LogP) is 2.61. The first-order valence-electron chi connectivity index (χ1n) is 6.23. The van der Waals surface area contributed by atoms with Crippen molar-refractivity contribution in [2.45, 2.75) is 27.3 Å². The highest BCUT2D eigenvalue weighted by molar-refractivity contribution is 5.92. The molecule has 0 radical (unpaired) electrons. The van der Waals surface area contributed by atoms with Gasteiger partial charge >= 0.3 is 5.97 Å². The maximum absolute atomic E-state index is 11.2. The molecule has 1 aromatic carbocycles. The zero-order valence-electron chi connectivity index (χ0n) is 11.3. The number of hydrogen-bond donors (Lipinski definition) is 1. The quantitative estimate of drug-likeness (QED) is 0.916. The molecule has 0 spiro atoms. The lowest BCUT2D eigenvalue weighted by atomic mass is 10.1. The van der Waals surface area contributed by atoms with Crippen LogP contribution in [0.3, 0.4) is 0 Å². The lowest BCUT2D eigenvalue weighted by molar-refractivity contribution is 0.0691. The molecule has 100 valence electrons. The highest BCUT2D eigenvalue weighted by Gasteiger charge is 2.20. The van der Waals surface area contributed by atoms with Crippen LogP contribution in [0.5, 0.6) is 0 Å². The summed E-state index contributed by atoms with van der Waals surface area (Å²) in [6.07, 6.45) is 0. The maximum atomic E-state index is 11.2. The largest absolute Gasteiger partial charge is 0.476 e. The summed E-state index contributed by atoms with van der Waals surface area (Å²) < 4.78 is 1.67. The molecule has 5 nitrogen and oxygen atoms in total. The molecule has 0 aliphatic heterocycles. The van der Waals surface area contributed by atoms with Crippen LogP contribution in [0, 0.1) is 12.8 Å². The monoisotopic (exact) mass is 259 g/mol. The number of benzene rings is 1. The van der Waals surface area contributed by atoms with Gasteiger partial charge in [-0.15, -0.1) is 5.10 Å². The van der Waals surface area contributed by atoms with E-state index in [0.717, 1.165) is 11.1 Å². The molecule has 0 aliphatic carbocycles. The van der Waals surface area contributed by atoms with Gasteiger partial charge in [0.05, 0.1) is 0 Å². The van der Waals surface area contributed by atoms with E-state index < -0.39 is 5.97 Å². The summed E-state index contributed by atoms with van der Waals surface area (Å²) in [4.78, 5) is 11.2. The van der Waals surface area contributed by atoms with Gasteiger partial charge in [0.15, 0.2) is 5.69 Å². The number of carbonyl (C=O) groups is 1. The molecule has 5 heteroatoms.